The van der Waals surface area contributed by atoms with Gasteiger partial charge in [-0.25, -0.2) is 0 Å². The monoisotopic (exact) mass is 274 g/mol. The highest BCUT2D eigenvalue weighted by Crippen LogP contribution is 2.33. The van der Waals surface area contributed by atoms with Crippen molar-refractivity contribution in [3.8, 4) is 11.5 Å². The first kappa shape index (κ1) is 13.7. The summed E-state index contributed by atoms with van der Waals surface area (Å²) in [7, 11) is 3.08. The average molecular weight is 274 g/mol. The Labute approximate surface area is 116 Å². The van der Waals surface area contributed by atoms with Gasteiger partial charge in [0.25, 0.3) is 5.69 Å². The molecule has 0 spiro atoms. The number of nitrogens with one attached hydrogen (secondary N) is 1. The number of rotatable bonds is 5. The summed E-state index contributed by atoms with van der Waals surface area (Å²) in [5.74, 6) is 1.15. The van der Waals surface area contributed by atoms with Crippen molar-refractivity contribution in [1.29, 1.82) is 0 Å². The van der Waals surface area contributed by atoms with Gasteiger partial charge in [-0.3, -0.25) is 10.1 Å². The molecule has 104 valence electrons. The first-order valence-corrected chi connectivity index (χ1v) is 5.88. The van der Waals surface area contributed by atoms with Crippen molar-refractivity contribution in [2.24, 2.45) is 0 Å². The lowest BCUT2D eigenvalue weighted by Crippen LogP contribution is -1.97. The van der Waals surface area contributed by atoms with Crippen LogP contribution in [-0.4, -0.2) is 19.1 Å². The fourth-order valence-corrected chi connectivity index (χ4v) is 1.81. The SMILES string of the molecule is COc1ccc(Nc2ccccc2[N+](=O)[O-])cc1OC. The zero-order chi connectivity index (χ0) is 14.5. The summed E-state index contributed by atoms with van der Waals surface area (Å²) in [6, 6.07) is 11.7. The predicted molar refractivity (Wildman–Crippen MR) is 75.9 cm³/mol. The highest BCUT2D eigenvalue weighted by atomic mass is 16.6. The first-order valence-electron chi connectivity index (χ1n) is 5.88. The van der Waals surface area contributed by atoms with Crippen LogP contribution in [0.3, 0.4) is 0 Å². The van der Waals surface area contributed by atoms with Crippen molar-refractivity contribution >= 4 is 17.1 Å². The summed E-state index contributed by atoms with van der Waals surface area (Å²) in [6.45, 7) is 0. The molecule has 0 aliphatic heterocycles. The molecule has 0 atom stereocenters. The number of methoxy groups -OCH3 is 2. The molecule has 0 amide bonds. The number of benzene rings is 2. The van der Waals surface area contributed by atoms with E-state index in [1.54, 1.807) is 43.5 Å². The number of hydrogen-bond donors (Lipinski definition) is 1. The molecule has 0 saturated carbocycles. The second-order valence-electron chi connectivity index (χ2n) is 3.97. The molecule has 0 aromatic heterocycles. The fraction of sp³-hybridized carbons (Fsp3) is 0.143. The summed E-state index contributed by atoms with van der Waals surface area (Å²) < 4.78 is 10.3. The largest absolute Gasteiger partial charge is 0.493 e. The van der Waals surface area contributed by atoms with E-state index >= 15 is 0 Å². The van der Waals surface area contributed by atoms with Gasteiger partial charge < -0.3 is 14.8 Å². The summed E-state index contributed by atoms with van der Waals surface area (Å²) in [5, 5.41) is 14.0. The summed E-state index contributed by atoms with van der Waals surface area (Å²) >= 11 is 0. The Morgan fingerprint density at radius 2 is 1.75 bits per heavy atom. The third-order valence-electron chi connectivity index (χ3n) is 2.76. The van der Waals surface area contributed by atoms with Crippen LogP contribution >= 0.6 is 0 Å². The molecule has 2 aromatic carbocycles. The van der Waals surface area contributed by atoms with E-state index < -0.39 is 4.92 Å². The molecule has 6 heteroatoms. The van der Waals surface area contributed by atoms with Gasteiger partial charge in [-0.15, -0.1) is 0 Å². The third kappa shape index (κ3) is 2.80. The molecule has 6 nitrogen and oxygen atoms in total. The Kier molecular flexibility index (Phi) is 4.05. The quantitative estimate of drug-likeness (QED) is 0.668. The molecule has 0 unspecified atom stereocenters. The zero-order valence-corrected chi connectivity index (χ0v) is 11.1. The van der Waals surface area contributed by atoms with E-state index in [0.717, 1.165) is 0 Å². The molecule has 0 saturated heterocycles. The van der Waals surface area contributed by atoms with Gasteiger partial charge in [0.2, 0.25) is 0 Å². The number of nitro benzene ring substituents is 1. The van der Waals surface area contributed by atoms with Crippen molar-refractivity contribution < 1.29 is 14.4 Å². The maximum atomic E-state index is 11.0. The minimum atomic E-state index is -0.427. The van der Waals surface area contributed by atoms with Gasteiger partial charge >= 0.3 is 0 Å². The van der Waals surface area contributed by atoms with E-state index in [-0.39, 0.29) is 5.69 Å². The third-order valence-corrected chi connectivity index (χ3v) is 2.76. The van der Waals surface area contributed by atoms with E-state index in [9.17, 15) is 10.1 Å². The molecule has 2 rings (SSSR count). The standard InChI is InChI=1S/C14H14N2O4/c1-19-13-8-7-10(9-14(13)20-2)15-11-5-3-4-6-12(11)16(17)18/h3-9,15H,1-2H3. The second-order valence-corrected chi connectivity index (χ2v) is 3.97. The molecule has 2 aromatic rings. The first-order chi connectivity index (χ1) is 9.65. The summed E-state index contributed by atoms with van der Waals surface area (Å²) in [4.78, 5) is 10.5. The lowest BCUT2D eigenvalue weighted by Gasteiger charge is -2.11. The zero-order valence-electron chi connectivity index (χ0n) is 11.1. The Bertz CT molecular complexity index is 628. The molecule has 0 bridgehead atoms. The molecule has 0 aliphatic rings. The van der Waals surface area contributed by atoms with Gasteiger partial charge in [0.1, 0.15) is 5.69 Å². The maximum Gasteiger partial charge on any atom is 0.292 e. The van der Waals surface area contributed by atoms with E-state index in [1.807, 2.05) is 0 Å². The van der Waals surface area contributed by atoms with Crippen LogP contribution in [0.4, 0.5) is 17.1 Å². The lowest BCUT2D eigenvalue weighted by atomic mass is 10.2. The molecule has 20 heavy (non-hydrogen) atoms. The van der Waals surface area contributed by atoms with E-state index in [4.69, 9.17) is 9.47 Å². The van der Waals surface area contributed by atoms with Crippen LogP contribution in [-0.2, 0) is 0 Å². The van der Waals surface area contributed by atoms with Crippen LogP contribution < -0.4 is 14.8 Å². The number of para-hydroxylation sites is 2. The molecular weight excluding hydrogens is 260 g/mol. The van der Waals surface area contributed by atoms with Crippen LogP contribution in [0.1, 0.15) is 0 Å². The molecule has 1 N–H and O–H groups in total. The highest BCUT2D eigenvalue weighted by molar-refractivity contribution is 5.70. The Morgan fingerprint density at radius 3 is 2.40 bits per heavy atom. The average Bonchev–Trinajstić information content (AvgIpc) is 2.47. The number of hydrogen-bond acceptors (Lipinski definition) is 5. The highest BCUT2D eigenvalue weighted by Gasteiger charge is 2.13. The van der Waals surface area contributed by atoms with Crippen LogP contribution in [0.2, 0.25) is 0 Å². The van der Waals surface area contributed by atoms with E-state index in [0.29, 0.717) is 22.9 Å². The maximum absolute atomic E-state index is 11.0. The van der Waals surface area contributed by atoms with Crippen LogP contribution in [0.15, 0.2) is 42.5 Å². The normalized spacial score (nSPS) is 9.90. The van der Waals surface area contributed by atoms with Gasteiger partial charge in [0.05, 0.1) is 19.1 Å². The fourth-order valence-electron chi connectivity index (χ4n) is 1.81. The lowest BCUT2D eigenvalue weighted by molar-refractivity contribution is -0.383. The topological polar surface area (TPSA) is 73.6 Å². The van der Waals surface area contributed by atoms with Gasteiger partial charge in [-0.2, -0.15) is 0 Å². The number of nitro groups is 1. The predicted octanol–water partition coefficient (Wildman–Crippen LogP) is 3.36. The Morgan fingerprint density at radius 1 is 1.05 bits per heavy atom. The molecule has 0 fully saturated rings. The van der Waals surface area contributed by atoms with E-state index in [1.165, 1.54) is 13.2 Å². The van der Waals surface area contributed by atoms with Gasteiger partial charge in [0.15, 0.2) is 11.5 Å². The molecule has 0 radical (unpaired) electrons. The molecular formula is C14H14N2O4. The van der Waals surface area contributed by atoms with Gasteiger partial charge in [-0.05, 0) is 18.2 Å². The van der Waals surface area contributed by atoms with Crippen molar-refractivity contribution in [2.75, 3.05) is 19.5 Å². The minimum absolute atomic E-state index is 0.0160. The summed E-state index contributed by atoms with van der Waals surface area (Å²) in [5.41, 5.74) is 1.11. The number of nitrogens with zero attached hydrogens (tertiary/aromatic N) is 1. The van der Waals surface area contributed by atoms with Crippen LogP contribution in [0.25, 0.3) is 0 Å². The van der Waals surface area contributed by atoms with Crippen molar-refractivity contribution in [1.82, 2.24) is 0 Å². The van der Waals surface area contributed by atoms with Gasteiger partial charge in [-0.1, -0.05) is 12.1 Å². The number of ether oxygens (including phenoxy) is 2. The molecule has 0 heterocycles. The Balaban J connectivity index is 2.33. The number of anilines is 2. The van der Waals surface area contributed by atoms with Crippen LogP contribution in [0, 0.1) is 10.1 Å². The van der Waals surface area contributed by atoms with Crippen molar-refractivity contribution in [3.63, 3.8) is 0 Å². The summed E-state index contributed by atoms with van der Waals surface area (Å²) in [6.07, 6.45) is 0. The van der Waals surface area contributed by atoms with E-state index in [2.05, 4.69) is 5.32 Å². The van der Waals surface area contributed by atoms with Crippen molar-refractivity contribution in [2.45, 2.75) is 0 Å². The van der Waals surface area contributed by atoms with Gasteiger partial charge in [0, 0.05) is 17.8 Å². The second kappa shape index (κ2) is 5.92. The minimum Gasteiger partial charge on any atom is -0.493 e. The van der Waals surface area contributed by atoms with Crippen molar-refractivity contribution in [3.05, 3.63) is 52.6 Å². The van der Waals surface area contributed by atoms with Crippen LogP contribution in [0.5, 0.6) is 11.5 Å². The molecule has 0 aliphatic carbocycles. The smallest absolute Gasteiger partial charge is 0.292 e. The Hall–Kier alpha value is -2.76.